The third kappa shape index (κ3) is 2.02. The molecule has 0 aromatic rings. The van der Waals surface area contributed by atoms with Gasteiger partial charge in [0.15, 0.2) is 5.90 Å². The van der Waals surface area contributed by atoms with E-state index in [1.807, 2.05) is 0 Å². The number of hydrogen-bond acceptors (Lipinski definition) is 3. The first-order valence-electron chi connectivity index (χ1n) is 5.29. The van der Waals surface area contributed by atoms with Gasteiger partial charge in [0.25, 0.3) is 0 Å². The molecule has 0 aromatic carbocycles. The molecule has 13 heavy (non-hydrogen) atoms. The zero-order valence-corrected chi connectivity index (χ0v) is 8.04. The Hall–Kier alpha value is -0.570. The van der Waals surface area contributed by atoms with Gasteiger partial charge < -0.3 is 10.5 Å². The molecule has 0 saturated heterocycles. The molecule has 0 bridgehead atoms. The van der Waals surface area contributed by atoms with Crippen LogP contribution in [-0.2, 0) is 4.74 Å². The summed E-state index contributed by atoms with van der Waals surface area (Å²) in [6.45, 7) is 1.56. The van der Waals surface area contributed by atoms with E-state index in [4.69, 9.17) is 10.5 Å². The number of nitrogens with two attached hydrogens (primary N) is 1. The third-order valence-corrected chi connectivity index (χ3v) is 3.02. The van der Waals surface area contributed by atoms with Crippen LogP contribution in [0, 0.1) is 5.92 Å². The molecule has 74 valence electrons. The topological polar surface area (TPSA) is 47.6 Å². The predicted octanol–water partition coefficient (Wildman–Crippen LogP) is 1.32. The Labute approximate surface area is 79.4 Å². The van der Waals surface area contributed by atoms with Crippen molar-refractivity contribution in [3.05, 3.63) is 0 Å². The lowest BCUT2D eigenvalue weighted by atomic mass is 9.80. The molecule has 1 aliphatic carbocycles. The highest BCUT2D eigenvalue weighted by Gasteiger charge is 2.31. The molecule has 0 spiro atoms. The van der Waals surface area contributed by atoms with E-state index in [9.17, 15) is 0 Å². The average molecular weight is 182 g/mol. The van der Waals surface area contributed by atoms with Gasteiger partial charge in [0.05, 0.1) is 6.04 Å². The Morgan fingerprint density at radius 3 is 2.92 bits per heavy atom. The van der Waals surface area contributed by atoms with Crippen LogP contribution >= 0.6 is 0 Å². The Bertz CT molecular complexity index is 199. The standard InChI is InChI=1S/C10H18N2O/c11-6-2-5-10-12-9(7-13-10)8-3-1-4-8/h8-9H,1-7,11H2. The highest BCUT2D eigenvalue weighted by Crippen LogP contribution is 2.33. The first-order chi connectivity index (χ1) is 6.40. The van der Waals surface area contributed by atoms with Crippen LogP contribution in [0.1, 0.15) is 32.1 Å². The molecule has 1 atom stereocenters. The van der Waals surface area contributed by atoms with Crippen molar-refractivity contribution >= 4 is 5.90 Å². The second-order valence-electron chi connectivity index (χ2n) is 3.98. The summed E-state index contributed by atoms with van der Waals surface area (Å²) in [5.41, 5.74) is 5.43. The molecule has 3 heteroatoms. The van der Waals surface area contributed by atoms with Crippen molar-refractivity contribution in [2.24, 2.45) is 16.6 Å². The summed E-state index contributed by atoms with van der Waals surface area (Å²) in [5.74, 6) is 1.76. The van der Waals surface area contributed by atoms with E-state index in [0.717, 1.165) is 37.8 Å². The minimum absolute atomic E-state index is 0.474. The minimum Gasteiger partial charge on any atom is -0.479 e. The third-order valence-electron chi connectivity index (χ3n) is 3.02. The molecule has 1 aliphatic heterocycles. The van der Waals surface area contributed by atoms with E-state index in [0.29, 0.717) is 6.04 Å². The van der Waals surface area contributed by atoms with Gasteiger partial charge in [-0.1, -0.05) is 6.42 Å². The van der Waals surface area contributed by atoms with Crippen molar-refractivity contribution < 1.29 is 4.74 Å². The normalized spacial score (nSPS) is 28.1. The maximum absolute atomic E-state index is 5.52. The lowest BCUT2D eigenvalue weighted by Crippen LogP contribution is -2.26. The lowest BCUT2D eigenvalue weighted by Gasteiger charge is -2.27. The molecular weight excluding hydrogens is 164 g/mol. The number of aliphatic imine (C=N–C) groups is 1. The van der Waals surface area contributed by atoms with E-state index in [2.05, 4.69) is 4.99 Å². The summed E-state index contributed by atoms with van der Waals surface area (Å²) in [4.78, 5) is 4.59. The fourth-order valence-electron chi connectivity index (χ4n) is 1.90. The van der Waals surface area contributed by atoms with E-state index < -0.39 is 0 Å². The van der Waals surface area contributed by atoms with Crippen molar-refractivity contribution in [3.63, 3.8) is 0 Å². The van der Waals surface area contributed by atoms with Crippen LogP contribution in [0.25, 0.3) is 0 Å². The van der Waals surface area contributed by atoms with E-state index in [1.54, 1.807) is 0 Å². The van der Waals surface area contributed by atoms with Gasteiger partial charge in [0, 0.05) is 6.42 Å². The Morgan fingerprint density at radius 2 is 2.31 bits per heavy atom. The molecule has 1 saturated carbocycles. The summed E-state index contributed by atoms with van der Waals surface area (Å²) in [7, 11) is 0. The van der Waals surface area contributed by atoms with Crippen molar-refractivity contribution in [3.8, 4) is 0 Å². The molecule has 3 nitrogen and oxygen atoms in total. The first kappa shape index (κ1) is 9.00. The summed E-state index contributed by atoms with van der Waals surface area (Å²) >= 11 is 0. The predicted molar refractivity (Wildman–Crippen MR) is 52.8 cm³/mol. The summed E-state index contributed by atoms with van der Waals surface area (Å²) in [6.07, 6.45) is 6.01. The van der Waals surface area contributed by atoms with Crippen LogP contribution in [-0.4, -0.2) is 25.1 Å². The minimum atomic E-state index is 0.474. The maximum atomic E-state index is 5.52. The van der Waals surface area contributed by atoms with Gasteiger partial charge in [-0.05, 0) is 31.7 Å². The van der Waals surface area contributed by atoms with Gasteiger partial charge in [0.2, 0.25) is 0 Å². The van der Waals surface area contributed by atoms with Crippen molar-refractivity contribution in [1.82, 2.24) is 0 Å². The van der Waals surface area contributed by atoms with Crippen LogP contribution in [0.3, 0.4) is 0 Å². The zero-order chi connectivity index (χ0) is 9.10. The van der Waals surface area contributed by atoms with E-state index in [-0.39, 0.29) is 0 Å². The summed E-state index contributed by atoms with van der Waals surface area (Å²) < 4.78 is 5.52. The fraction of sp³-hybridized carbons (Fsp3) is 0.900. The molecule has 1 fully saturated rings. The fourth-order valence-corrected chi connectivity index (χ4v) is 1.90. The van der Waals surface area contributed by atoms with Crippen LogP contribution in [0.2, 0.25) is 0 Å². The highest BCUT2D eigenvalue weighted by atomic mass is 16.5. The van der Waals surface area contributed by atoms with E-state index >= 15 is 0 Å². The van der Waals surface area contributed by atoms with Crippen LogP contribution in [0.5, 0.6) is 0 Å². The average Bonchev–Trinajstić information content (AvgIpc) is 2.46. The van der Waals surface area contributed by atoms with Gasteiger partial charge in [0.1, 0.15) is 6.61 Å². The molecular formula is C10H18N2O. The lowest BCUT2D eigenvalue weighted by molar-refractivity contribution is 0.211. The van der Waals surface area contributed by atoms with Gasteiger partial charge >= 0.3 is 0 Å². The molecule has 0 amide bonds. The molecule has 0 radical (unpaired) electrons. The molecule has 2 N–H and O–H groups in total. The molecule has 2 aliphatic rings. The van der Waals surface area contributed by atoms with Crippen molar-refractivity contribution in [2.45, 2.75) is 38.1 Å². The second kappa shape index (κ2) is 4.09. The number of rotatable bonds is 4. The number of nitrogens with zero attached hydrogens (tertiary/aromatic N) is 1. The highest BCUT2D eigenvalue weighted by molar-refractivity contribution is 5.77. The zero-order valence-electron chi connectivity index (χ0n) is 8.04. The monoisotopic (exact) mass is 182 g/mol. The first-order valence-corrected chi connectivity index (χ1v) is 5.29. The van der Waals surface area contributed by atoms with Crippen LogP contribution in [0.4, 0.5) is 0 Å². The molecule has 2 rings (SSSR count). The number of ether oxygens (including phenoxy) is 1. The number of hydrogen-bond donors (Lipinski definition) is 1. The largest absolute Gasteiger partial charge is 0.479 e. The van der Waals surface area contributed by atoms with Crippen molar-refractivity contribution in [1.29, 1.82) is 0 Å². The van der Waals surface area contributed by atoms with Gasteiger partial charge in [-0.25, -0.2) is 4.99 Å². The van der Waals surface area contributed by atoms with Crippen LogP contribution in [0.15, 0.2) is 4.99 Å². The SMILES string of the molecule is NCCCC1=NC(C2CCC2)CO1. The smallest absolute Gasteiger partial charge is 0.183 e. The van der Waals surface area contributed by atoms with Gasteiger partial charge in [-0.3, -0.25) is 0 Å². The molecule has 1 heterocycles. The van der Waals surface area contributed by atoms with Crippen LogP contribution < -0.4 is 5.73 Å². The maximum Gasteiger partial charge on any atom is 0.183 e. The summed E-state index contributed by atoms with van der Waals surface area (Å²) in [6, 6.07) is 0.474. The Balaban J connectivity index is 1.78. The Morgan fingerprint density at radius 1 is 1.46 bits per heavy atom. The van der Waals surface area contributed by atoms with Gasteiger partial charge in [-0.15, -0.1) is 0 Å². The van der Waals surface area contributed by atoms with Crippen molar-refractivity contribution in [2.75, 3.05) is 13.2 Å². The summed E-state index contributed by atoms with van der Waals surface area (Å²) in [5, 5.41) is 0. The Kier molecular flexibility index (Phi) is 2.83. The van der Waals surface area contributed by atoms with Gasteiger partial charge in [-0.2, -0.15) is 0 Å². The second-order valence-corrected chi connectivity index (χ2v) is 3.98. The molecule has 0 aromatic heterocycles. The molecule has 1 unspecified atom stereocenters. The van der Waals surface area contributed by atoms with E-state index in [1.165, 1.54) is 19.3 Å². The quantitative estimate of drug-likeness (QED) is 0.713.